The minimum atomic E-state index is -1.36. The first-order chi connectivity index (χ1) is 19.0. The molecule has 3 heterocycles. The van der Waals surface area contributed by atoms with Crippen LogP contribution in [0.15, 0.2) is 0 Å². The predicted molar refractivity (Wildman–Crippen MR) is 140 cm³/mol. The van der Waals surface area contributed by atoms with Crippen molar-refractivity contribution < 1.29 is 43.7 Å². The van der Waals surface area contributed by atoms with Gasteiger partial charge in [-0.2, -0.15) is 0 Å². The quantitative estimate of drug-likeness (QED) is 0.126. The highest BCUT2D eigenvalue weighted by atomic mass is 16.8. The lowest BCUT2D eigenvalue weighted by Crippen LogP contribution is -2.65. The van der Waals surface area contributed by atoms with E-state index in [1.54, 1.807) is 0 Å². The molecule has 15 atom stereocenters. The van der Waals surface area contributed by atoms with E-state index in [4.69, 9.17) is 62.8 Å². The van der Waals surface area contributed by atoms with Gasteiger partial charge in [0.25, 0.3) is 0 Å². The molecule has 15 nitrogen and oxygen atoms in total. The lowest BCUT2D eigenvalue weighted by Gasteiger charge is -2.46. The van der Waals surface area contributed by atoms with Gasteiger partial charge in [-0.15, -0.1) is 0 Å². The summed E-state index contributed by atoms with van der Waals surface area (Å²) in [6, 6.07) is -2.22. The van der Waals surface area contributed by atoms with E-state index in [-0.39, 0.29) is 24.2 Å². The number of hydrogen-bond donors (Lipinski definition) is 9. The highest BCUT2D eigenvalue weighted by Crippen LogP contribution is 2.42. The van der Waals surface area contributed by atoms with E-state index in [1.807, 2.05) is 0 Å². The van der Waals surface area contributed by atoms with Gasteiger partial charge in [0.15, 0.2) is 18.9 Å². The Labute approximate surface area is 234 Å². The first-order valence-corrected chi connectivity index (χ1v) is 14.5. The highest BCUT2D eigenvalue weighted by molar-refractivity contribution is 5.07. The summed E-state index contributed by atoms with van der Waals surface area (Å²) in [5, 5.41) is 32.2. The van der Waals surface area contributed by atoms with Gasteiger partial charge in [-0.25, -0.2) is 0 Å². The minimum Gasteiger partial charge on any atom is -0.394 e. The Kier molecular flexibility index (Phi) is 9.68. The Morgan fingerprint density at radius 2 is 1.32 bits per heavy atom. The van der Waals surface area contributed by atoms with Crippen LogP contribution in [0.1, 0.15) is 44.9 Å². The molecule has 0 radical (unpaired) electrons. The lowest BCUT2D eigenvalue weighted by atomic mass is 9.84. The maximum absolute atomic E-state index is 11.2. The second-order valence-electron chi connectivity index (χ2n) is 12.1. The fourth-order valence-corrected chi connectivity index (χ4v) is 6.22. The number of nitrogens with two attached hydrogens (primary N) is 6. The van der Waals surface area contributed by atoms with E-state index in [9.17, 15) is 15.3 Å². The van der Waals surface area contributed by atoms with Crippen LogP contribution in [-0.4, -0.2) is 126 Å². The maximum atomic E-state index is 11.2. The van der Waals surface area contributed by atoms with E-state index < -0.39 is 86.3 Å². The van der Waals surface area contributed by atoms with Gasteiger partial charge < -0.3 is 78.1 Å². The standard InChI is InChI=1S/C25H48N6O9/c26-8-10-1-2-11(27)22(35-10)39-20-15(9-32)36-24(18(20)34)40-21-17(33)13(29)7-14(30)19(21)38-23-12(28)3-4-16(37-23)25(31)5-6-25/h10-24,32-34H,1-9,26-31H2/t10-,11+,12+,13+,14-,15+,16-,17-,18+,19+,20+,21+,22+,23+,24-/m0/s1. The molecule has 5 rings (SSSR count). The van der Waals surface area contributed by atoms with Crippen molar-refractivity contribution in [3.8, 4) is 0 Å². The molecule has 5 aliphatic rings. The van der Waals surface area contributed by atoms with Crippen molar-refractivity contribution in [2.75, 3.05) is 13.2 Å². The number of aliphatic hydroxyl groups is 3. The fourth-order valence-electron chi connectivity index (χ4n) is 6.22. The Morgan fingerprint density at radius 3 is 1.98 bits per heavy atom. The first kappa shape index (κ1) is 30.8. The number of ether oxygens (including phenoxy) is 6. The summed E-state index contributed by atoms with van der Waals surface area (Å²) < 4.78 is 36.3. The van der Waals surface area contributed by atoms with Crippen LogP contribution in [0.4, 0.5) is 0 Å². The second kappa shape index (κ2) is 12.6. The van der Waals surface area contributed by atoms with E-state index in [1.165, 1.54) is 0 Å². The zero-order valence-corrected chi connectivity index (χ0v) is 22.8. The fraction of sp³-hybridized carbons (Fsp3) is 1.00. The van der Waals surface area contributed by atoms with Crippen LogP contribution in [0.25, 0.3) is 0 Å². The van der Waals surface area contributed by atoms with Gasteiger partial charge in [-0.1, -0.05) is 0 Å². The van der Waals surface area contributed by atoms with Gasteiger partial charge in [0, 0.05) is 24.2 Å². The van der Waals surface area contributed by atoms with Crippen LogP contribution < -0.4 is 34.4 Å². The first-order valence-electron chi connectivity index (χ1n) is 14.5. The molecule has 5 fully saturated rings. The molecule has 232 valence electrons. The lowest BCUT2D eigenvalue weighted by molar-refractivity contribution is -0.290. The predicted octanol–water partition coefficient (Wildman–Crippen LogP) is -4.25. The zero-order valence-electron chi connectivity index (χ0n) is 22.8. The minimum absolute atomic E-state index is 0.195. The van der Waals surface area contributed by atoms with E-state index in [0.717, 1.165) is 19.3 Å². The van der Waals surface area contributed by atoms with Crippen molar-refractivity contribution in [3.63, 3.8) is 0 Å². The summed E-state index contributed by atoms with van der Waals surface area (Å²) in [4.78, 5) is 0. The van der Waals surface area contributed by atoms with Gasteiger partial charge in [-0.3, -0.25) is 0 Å². The molecule has 2 aliphatic carbocycles. The molecule has 40 heavy (non-hydrogen) atoms. The molecule has 3 aliphatic heterocycles. The second-order valence-corrected chi connectivity index (χ2v) is 12.1. The molecular weight excluding hydrogens is 528 g/mol. The third kappa shape index (κ3) is 6.34. The van der Waals surface area contributed by atoms with Crippen molar-refractivity contribution in [3.05, 3.63) is 0 Å². The summed E-state index contributed by atoms with van der Waals surface area (Å²) in [5.74, 6) is 0. The summed E-state index contributed by atoms with van der Waals surface area (Å²) in [6.45, 7) is -0.169. The molecule has 0 aromatic rings. The van der Waals surface area contributed by atoms with Gasteiger partial charge in [0.1, 0.15) is 30.5 Å². The van der Waals surface area contributed by atoms with Crippen molar-refractivity contribution in [1.82, 2.24) is 0 Å². The summed E-state index contributed by atoms with van der Waals surface area (Å²) in [7, 11) is 0. The normalized spacial score (nSPS) is 51.1. The molecular formula is C25H48N6O9. The van der Waals surface area contributed by atoms with Gasteiger partial charge in [-0.05, 0) is 44.9 Å². The van der Waals surface area contributed by atoms with Gasteiger partial charge in [0.05, 0.1) is 37.0 Å². The third-order valence-electron chi connectivity index (χ3n) is 9.05. The SMILES string of the molecule is NC[C@@H]1CC[C@@H](N)[C@@H](O[C@H]2[C@@H](O)[C@H](O[C@@H]3[C@@H](O)[C@H](N)C[C@H](N)[C@H]3O[C@H]3O[C@H](C4(N)CC4)CC[C@H]3N)O[C@@H]2CO)O1. The number of rotatable bonds is 9. The van der Waals surface area contributed by atoms with Gasteiger partial charge >= 0.3 is 0 Å². The molecule has 0 bridgehead atoms. The average molecular weight is 577 g/mol. The Hall–Kier alpha value is -0.600. The van der Waals surface area contributed by atoms with Crippen molar-refractivity contribution >= 4 is 0 Å². The molecule has 15 heteroatoms. The molecule has 0 amide bonds. The Balaban J connectivity index is 1.28. The molecule has 0 aromatic heterocycles. The molecule has 2 saturated carbocycles. The Morgan fingerprint density at radius 1 is 0.700 bits per heavy atom. The molecule has 15 N–H and O–H groups in total. The van der Waals surface area contributed by atoms with Crippen molar-refractivity contribution in [1.29, 1.82) is 0 Å². The number of aliphatic hydroxyl groups excluding tert-OH is 3. The van der Waals surface area contributed by atoms with Crippen molar-refractivity contribution in [2.45, 2.75) is 142 Å². The van der Waals surface area contributed by atoms with E-state index in [0.29, 0.717) is 25.8 Å². The number of hydrogen-bond acceptors (Lipinski definition) is 15. The molecule has 0 spiro atoms. The summed E-state index contributed by atoms with van der Waals surface area (Å²) >= 11 is 0. The Bertz CT molecular complexity index is 845. The van der Waals surface area contributed by atoms with Crippen molar-refractivity contribution in [2.24, 2.45) is 34.4 Å². The monoisotopic (exact) mass is 576 g/mol. The third-order valence-corrected chi connectivity index (χ3v) is 9.05. The average Bonchev–Trinajstić information content (AvgIpc) is 3.62. The molecule has 3 saturated heterocycles. The van der Waals surface area contributed by atoms with Crippen LogP contribution in [0, 0.1) is 0 Å². The van der Waals surface area contributed by atoms with E-state index >= 15 is 0 Å². The highest BCUT2D eigenvalue weighted by Gasteiger charge is 2.54. The zero-order chi connectivity index (χ0) is 28.8. The summed E-state index contributed by atoms with van der Waals surface area (Å²) in [5.41, 5.74) is 36.9. The van der Waals surface area contributed by atoms with Crippen LogP contribution in [0.5, 0.6) is 0 Å². The maximum Gasteiger partial charge on any atom is 0.187 e. The smallest absolute Gasteiger partial charge is 0.187 e. The molecule has 0 aromatic carbocycles. The van der Waals surface area contributed by atoms with Crippen LogP contribution in [0.3, 0.4) is 0 Å². The largest absolute Gasteiger partial charge is 0.394 e. The van der Waals surface area contributed by atoms with Crippen LogP contribution in [-0.2, 0) is 28.4 Å². The van der Waals surface area contributed by atoms with Gasteiger partial charge in [0.2, 0.25) is 0 Å². The molecule has 0 unspecified atom stereocenters. The van der Waals surface area contributed by atoms with Crippen LogP contribution in [0.2, 0.25) is 0 Å². The van der Waals surface area contributed by atoms with Crippen LogP contribution >= 0.6 is 0 Å². The van der Waals surface area contributed by atoms with E-state index in [2.05, 4.69) is 0 Å². The topological polar surface area (TPSA) is 272 Å². The summed E-state index contributed by atoms with van der Waals surface area (Å²) in [6.07, 6.45) is -5.23.